The normalized spacial score (nSPS) is 14.3. The Kier molecular flexibility index (Phi) is 5.16. The van der Waals surface area contributed by atoms with Crippen molar-refractivity contribution in [3.63, 3.8) is 0 Å². The predicted molar refractivity (Wildman–Crippen MR) is 106 cm³/mol. The number of aromatic nitrogens is 1. The molecule has 6 heteroatoms. The van der Waals surface area contributed by atoms with Gasteiger partial charge < -0.3 is 9.64 Å². The zero-order chi connectivity index (χ0) is 18.6. The number of hydrogen-bond donors (Lipinski definition) is 0. The molecule has 3 aromatic rings. The number of carbonyl (C=O) groups excluding carboxylic acids is 2. The number of rotatable bonds is 4. The van der Waals surface area contributed by atoms with Crippen LogP contribution >= 0.6 is 11.3 Å². The van der Waals surface area contributed by atoms with Crippen molar-refractivity contribution in [1.82, 2.24) is 9.88 Å². The highest BCUT2D eigenvalue weighted by atomic mass is 32.1. The molecule has 0 atom stereocenters. The molecule has 138 valence electrons. The summed E-state index contributed by atoms with van der Waals surface area (Å²) in [6, 6.07) is 13.2. The Bertz CT molecular complexity index is 963. The highest BCUT2D eigenvalue weighted by molar-refractivity contribution is 7.13. The Balaban J connectivity index is 1.58. The Morgan fingerprint density at radius 1 is 1.07 bits per heavy atom. The molecule has 4 rings (SSSR count). The largest absolute Gasteiger partial charge is 0.452 e. The number of hydrogen-bond acceptors (Lipinski definition) is 5. The predicted octanol–water partition coefficient (Wildman–Crippen LogP) is 4.13. The lowest BCUT2D eigenvalue weighted by molar-refractivity contribution is -0.135. The fourth-order valence-corrected chi connectivity index (χ4v) is 4.02. The van der Waals surface area contributed by atoms with Gasteiger partial charge in [0.25, 0.3) is 5.91 Å². The molecule has 1 aliphatic heterocycles. The van der Waals surface area contributed by atoms with Crippen LogP contribution in [0.1, 0.15) is 29.6 Å². The third kappa shape index (κ3) is 3.85. The average Bonchev–Trinajstić information content (AvgIpc) is 3.26. The van der Waals surface area contributed by atoms with Gasteiger partial charge in [-0.25, -0.2) is 9.78 Å². The Morgan fingerprint density at radius 3 is 2.67 bits per heavy atom. The lowest BCUT2D eigenvalue weighted by atomic mass is 10.1. The van der Waals surface area contributed by atoms with Crippen LogP contribution in [0.2, 0.25) is 0 Å². The van der Waals surface area contributed by atoms with Crippen molar-refractivity contribution < 1.29 is 14.3 Å². The van der Waals surface area contributed by atoms with E-state index < -0.39 is 5.97 Å². The molecule has 0 unspecified atom stereocenters. The second-order valence-electron chi connectivity index (χ2n) is 6.57. The molecule has 1 amide bonds. The van der Waals surface area contributed by atoms with Crippen molar-refractivity contribution in [2.45, 2.75) is 19.3 Å². The number of esters is 1. The van der Waals surface area contributed by atoms with E-state index in [2.05, 4.69) is 4.98 Å². The summed E-state index contributed by atoms with van der Waals surface area (Å²) >= 11 is 1.57. The molecular formula is C21H20N2O3S. The summed E-state index contributed by atoms with van der Waals surface area (Å²) in [5, 5.41) is 2.70. The number of thiophene rings is 1. The van der Waals surface area contributed by atoms with Gasteiger partial charge >= 0.3 is 5.97 Å². The zero-order valence-electron chi connectivity index (χ0n) is 14.9. The van der Waals surface area contributed by atoms with Crippen LogP contribution in [-0.4, -0.2) is 41.5 Å². The Labute approximate surface area is 161 Å². The molecule has 0 N–H and O–H groups in total. The van der Waals surface area contributed by atoms with Crippen molar-refractivity contribution in [3.8, 4) is 10.6 Å². The third-order valence-corrected chi connectivity index (χ3v) is 5.64. The van der Waals surface area contributed by atoms with E-state index >= 15 is 0 Å². The van der Waals surface area contributed by atoms with Gasteiger partial charge in [0.05, 0.1) is 21.7 Å². The van der Waals surface area contributed by atoms with Crippen molar-refractivity contribution in [1.29, 1.82) is 0 Å². The fraction of sp³-hybridized carbons (Fsp3) is 0.286. The molecule has 1 aliphatic rings. The number of benzene rings is 1. The number of amides is 1. The molecule has 1 saturated heterocycles. The molecule has 0 bridgehead atoms. The molecule has 3 heterocycles. The Morgan fingerprint density at radius 2 is 1.89 bits per heavy atom. The van der Waals surface area contributed by atoms with Crippen LogP contribution in [-0.2, 0) is 9.53 Å². The number of likely N-dealkylation sites (tertiary alicyclic amines) is 1. The number of fused-ring (bicyclic) bond motifs is 1. The van der Waals surface area contributed by atoms with E-state index in [1.54, 1.807) is 22.3 Å². The molecule has 1 fully saturated rings. The minimum absolute atomic E-state index is 0.125. The summed E-state index contributed by atoms with van der Waals surface area (Å²) in [5.41, 5.74) is 1.91. The van der Waals surface area contributed by atoms with E-state index in [9.17, 15) is 9.59 Å². The van der Waals surface area contributed by atoms with Crippen LogP contribution in [0.4, 0.5) is 0 Å². The maximum Gasteiger partial charge on any atom is 0.339 e. The molecule has 2 aromatic heterocycles. The van der Waals surface area contributed by atoms with Gasteiger partial charge in [-0.2, -0.15) is 0 Å². The van der Waals surface area contributed by atoms with Gasteiger partial charge in [-0.3, -0.25) is 4.79 Å². The van der Waals surface area contributed by atoms with E-state index in [4.69, 9.17) is 4.74 Å². The monoisotopic (exact) mass is 380 g/mol. The maximum absolute atomic E-state index is 12.8. The Hall–Kier alpha value is -2.73. The molecule has 27 heavy (non-hydrogen) atoms. The van der Waals surface area contributed by atoms with Crippen molar-refractivity contribution in [2.24, 2.45) is 0 Å². The van der Waals surface area contributed by atoms with Crippen molar-refractivity contribution >= 4 is 34.1 Å². The SMILES string of the molecule is O=C(OCC(=O)N1CCCCC1)c1cc(-c2cccs2)nc2ccccc12. The number of piperidine rings is 1. The lowest BCUT2D eigenvalue weighted by Gasteiger charge is -2.26. The molecule has 0 radical (unpaired) electrons. The minimum atomic E-state index is -0.489. The second kappa shape index (κ2) is 7.88. The first-order chi connectivity index (χ1) is 13.2. The standard InChI is InChI=1S/C21H20N2O3S/c24-20(23-10-4-1-5-11-23)14-26-21(25)16-13-18(19-9-6-12-27-19)22-17-8-3-2-7-15(16)17/h2-3,6-9,12-13H,1,4-5,10-11,14H2. The van der Waals surface area contributed by atoms with Crippen LogP contribution in [0.5, 0.6) is 0 Å². The smallest absolute Gasteiger partial charge is 0.339 e. The number of ether oxygens (including phenoxy) is 1. The van der Waals surface area contributed by atoms with Gasteiger partial charge in [-0.1, -0.05) is 24.3 Å². The van der Waals surface area contributed by atoms with Crippen LogP contribution in [0.15, 0.2) is 47.8 Å². The molecule has 0 saturated carbocycles. The highest BCUT2D eigenvalue weighted by Gasteiger charge is 2.20. The van der Waals surface area contributed by atoms with E-state index in [1.165, 1.54) is 0 Å². The zero-order valence-corrected chi connectivity index (χ0v) is 15.7. The molecular weight excluding hydrogens is 360 g/mol. The summed E-state index contributed by atoms with van der Waals surface area (Å²) in [7, 11) is 0. The van der Waals surface area contributed by atoms with Crippen molar-refractivity contribution in [2.75, 3.05) is 19.7 Å². The molecule has 0 aliphatic carbocycles. The quantitative estimate of drug-likeness (QED) is 0.639. The lowest BCUT2D eigenvalue weighted by Crippen LogP contribution is -2.38. The summed E-state index contributed by atoms with van der Waals surface area (Å²) in [6.07, 6.45) is 3.18. The van der Waals surface area contributed by atoms with Gasteiger partial charge in [-0.15, -0.1) is 11.3 Å². The number of para-hydroxylation sites is 1. The van der Waals surface area contributed by atoms with Gasteiger partial charge in [-0.05, 0) is 42.8 Å². The first kappa shape index (κ1) is 17.7. The van der Waals surface area contributed by atoms with Gasteiger partial charge in [0.2, 0.25) is 0 Å². The topological polar surface area (TPSA) is 59.5 Å². The molecule has 1 aromatic carbocycles. The summed E-state index contributed by atoms with van der Waals surface area (Å²) in [6.45, 7) is 1.28. The van der Waals surface area contributed by atoms with E-state index in [0.29, 0.717) is 5.56 Å². The van der Waals surface area contributed by atoms with Gasteiger partial charge in [0.15, 0.2) is 6.61 Å². The highest BCUT2D eigenvalue weighted by Crippen LogP contribution is 2.28. The molecule has 0 spiro atoms. The van der Waals surface area contributed by atoms with E-state index in [0.717, 1.165) is 53.8 Å². The van der Waals surface area contributed by atoms with Crippen LogP contribution in [0, 0.1) is 0 Å². The summed E-state index contributed by atoms with van der Waals surface area (Å²) < 4.78 is 5.37. The number of pyridine rings is 1. The van der Waals surface area contributed by atoms with Crippen LogP contribution < -0.4 is 0 Å². The van der Waals surface area contributed by atoms with E-state index in [1.807, 2.05) is 41.8 Å². The van der Waals surface area contributed by atoms with Crippen LogP contribution in [0.25, 0.3) is 21.5 Å². The van der Waals surface area contributed by atoms with Gasteiger partial charge in [0.1, 0.15) is 0 Å². The molecule has 5 nitrogen and oxygen atoms in total. The van der Waals surface area contributed by atoms with Crippen LogP contribution in [0.3, 0.4) is 0 Å². The summed E-state index contributed by atoms with van der Waals surface area (Å²) in [5.74, 6) is -0.614. The minimum Gasteiger partial charge on any atom is -0.452 e. The van der Waals surface area contributed by atoms with E-state index in [-0.39, 0.29) is 12.5 Å². The summed E-state index contributed by atoms with van der Waals surface area (Å²) in [4.78, 5) is 32.5. The first-order valence-electron chi connectivity index (χ1n) is 9.11. The average molecular weight is 380 g/mol. The number of carbonyl (C=O) groups is 2. The number of nitrogens with zero attached hydrogens (tertiary/aromatic N) is 2. The van der Waals surface area contributed by atoms with Crippen molar-refractivity contribution in [3.05, 3.63) is 53.4 Å². The van der Waals surface area contributed by atoms with Gasteiger partial charge in [0, 0.05) is 18.5 Å². The second-order valence-corrected chi connectivity index (χ2v) is 7.51. The fourth-order valence-electron chi connectivity index (χ4n) is 3.33. The maximum atomic E-state index is 12.8. The third-order valence-electron chi connectivity index (χ3n) is 4.75. The first-order valence-corrected chi connectivity index (χ1v) is 9.99.